The van der Waals surface area contributed by atoms with E-state index in [1.165, 1.54) is 6.33 Å². The Bertz CT molecular complexity index is 618. The normalized spacial score (nSPS) is 30.0. The number of aliphatic hydroxyl groups excluding tert-OH is 3. The Kier molecular flexibility index (Phi) is 3.26. The zero-order chi connectivity index (χ0) is 14.3. The van der Waals surface area contributed by atoms with Crippen molar-refractivity contribution in [2.24, 2.45) is 0 Å². The highest BCUT2D eigenvalue weighted by atomic mass is 16.6. The summed E-state index contributed by atoms with van der Waals surface area (Å²) in [6.45, 7) is -0.377. The van der Waals surface area contributed by atoms with Gasteiger partial charge in [-0.05, 0) is 0 Å². The maximum absolute atomic E-state index is 10.0. The van der Waals surface area contributed by atoms with Gasteiger partial charge in [0.2, 0.25) is 0 Å². The van der Waals surface area contributed by atoms with E-state index >= 15 is 0 Å². The monoisotopic (exact) mass is 281 g/mol. The van der Waals surface area contributed by atoms with Gasteiger partial charge in [-0.15, -0.1) is 0 Å². The van der Waals surface area contributed by atoms with Crippen LogP contribution in [0.4, 0.5) is 5.82 Å². The highest BCUT2D eigenvalue weighted by Crippen LogP contribution is 2.35. The number of rotatable bonds is 3. The highest BCUT2D eigenvalue weighted by molar-refractivity contribution is 5.86. The molecule has 4 atom stereocenters. The molecule has 0 saturated carbocycles. The van der Waals surface area contributed by atoms with Gasteiger partial charge < -0.3 is 25.4 Å². The number of ether oxygens (including phenoxy) is 1. The quantitative estimate of drug-likeness (QED) is 0.461. The number of aromatic nitrogens is 4. The number of nitrogens with zero attached hydrogens (tertiary/aromatic N) is 3. The average molecular weight is 281 g/mol. The molecule has 0 aromatic carbocycles. The molecule has 2 aromatic rings. The first-order valence-electron chi connectivity index (χ1n) is 6.16. The minimum atomic E-state index is -1.16. The Morgan fingerprint density at radius 3 is 2.75 bits per heavy atom. The van der Waals surface area contributed by atoms with E-state index in [4.69, 9.17) is 9.84 Å². The van der Waals surface area contributed by atoms with E-state index in [-0.39, 0.29) is 6.61 Å². The molecular weight excluding hydrogens is 266 g/mol. The van der Waals surface area contributed by atoms with Gasteiger partial charge in [-0.1, -0.05) is 0 Å². The first-order valence-corrected chi connectivity index (χ1v) is 6.16. The largest absolute Gasteiger partial charge is 0.394 e. The lowest BCUT2D eigenvalue weighted by atomic mass is 10.1. The summed E-state index contributed by atoms with van der Waals surface area (Å²) in [4.78, 5) is 8.16. The summed E-state index contributed by atoms with van der Waals surface area (Å²) < 4.78 is 5.46. The molecule has 0 radical (unpaired) electrons. The first kappa shape index (κ1) is 13.2. The van der Waals surface area contributed by atoms with E-state index in [0.29, 0.717) is 22.5 Å². The standard InChI is InChI=1S/C11H15N5O4/c1-12-11-7-5(13-3-14-11)6(15-16-7)10-9(19)8(18)4(2-17)20-10/h3-4,8-10,17-19H,2H2,1H3,(H,15,16)(H,12,13,14)/t4-,8+,9-,10-/m0/s1. The molecule has 20 heavy (non-hydrogen) atoms. The number of hydrogen-bond donors (Lipinski definition) is 5. The van der Waals surface area contributed by atoms with E-state index in [0.717, 1.165) is 0 Å². The minimum absolute atomic E-state index is 0.377. The zero-order valence-electron chi connectivity index (χ0n) is 10.7. The Labute approximate surface area is 113 Å². The molecule has 1 aliphatic rings. The molecule has 9 heteroatoms. The fourth-order valence-electron chi connectivity index (χ4n) is 2.37. The number of anilines is 1. The molecule has 3 heterocycles. The van der Waals surface area contributed by atoms with Crippen molar-refractivity contribution in [1.29, 1.82) is 0 Å². The number of hydrogen-bond acceptors (Lipinski definition) is 8. The van der Waals surface area contributed by atoms with Gasteiger partial charge in [0.05, 0.1) is 12.3 Å². The highest BCUT2D eigenvalue weighted by Gasteiger charge is 2.44. The molecule has 0 aliphatic carbocycles. The number of fused-ring (bicyclic) bond motifs is 1. The molecule has 2 aromatic heterocycles. The zero-order valence-corrected chi connectivity index (χ0v) is 10.7. The lowest BCUT2D eigenvalue weighted by Crippen LogP contribution is -2.32. The number of H-pyrrole nitrogens is 1. The minimum Gasteiger partial charge on any atom is -0.394 e. The summed E-state index contributed by atoms with van der Waals surface area (Å²) in [7, 11) is 1.71. The van der Waals surface area contributed by atoms with Crippen molar-refractivity contribution in [3.05, 3.63) is 12.0 Å². The second-order valence-corrected chi connectivity index (χ2v) is 4.57. The summed E-state index contributed by atoms with van der Waals surface area (Å²) in [5.74, 6) is 0.546. The molecule has 3 rings (SSSR count). The summed E-state index contributed by atoms with van der Waals surface area (Å²) in [6, 6.07) is 0. The van der Waals surface area contributed by atoms with Crippen molar-refractivity contribution in [2.75, 3.05) is 19.0 Å². The van der Waals surface area contributed by atoms with Crippen LogP contribution in [0.15, 0.2) is 6.33 Å². The number of aromatic amines is 1. The molecule has 0 amide bonds. The predicted molar refractivity (Wildman–Crippen MR) is 67.9 cm³/mol. The van der Waals surface area contributed by atoms with Gasteiger partial charge in [0.15, 0.2) is 11.3 Å². The van der Waals surface area contributed by atoms with Crippen LogP contribution in [0.1, 0.15) is 11.8 Å². The van der Waals surface area contributed by atoms with Crippen LogP contribution in [0.2, 0.25) is 0 Å². The molecular formula is C11H15N5O4. The summed E-state index contributed by atoms with van der Waals surface area (Å²) >= 11 is 0. The van der Waals surface area contributed by atoms with Crippen LogP contribution in [0, 0.1) is 0 Å². The van der Waals surface area contributed by atoms with Crippen LogP contribution < -0.4 is 5.32 Å². The van der Waals surface area contributed by atoms with Gasteiger partial charge in [-0.25, -0.2) is 9.97 Å². The Balaban J connectivity index is 2.03. The third-order valence-corrected chi connectivity index (χ3v) is 3.43. The average Bonchev–Trinajstić information content (AvgIpc) is 3.01. The van der Waals surface area contributed by atoms with E-state index in [1.54, 1.807) is 7.05 Å². The van der Waals surface area contributed by atoms with Crippen molar-refractivity contribution in [3.63, 3.8) is 0 Å². The van der Waals surface area contributed by atoms with Gasteiger partial charge >= 0.3 is 0 Å². The van der Waals surface area contributed by atoms with E-state index in [9.17, 15) is 10.2 Å². The molecule has 1 aliphatic heterocycles. The maximum Gasteiger partial charge on any atom is 0.157 e. The number of nitrogens with one attached hydrogen (secondary N) is 2. The lowest BCUT2D eigenvalue weighted by Gasteiger charge is -2.12. The van der Waals surface area contributed by atoms with Crippen molar-refractivity contribution in [2.45, 2.75) is 24.4 Å². The smallest absolute Gasteiger partial charge is 0.157 e. The van der Waals surface area contributed by atoms with Crippen LogP contribution in [0.5, 0.6) is 0 Å². The molecule has 1 fully saturated rings. The summed E-state index contributed by atoms with van der Waals surface area (Å²) in [5, 5.41) is 38.7. The molecule has 0 unspecified atom stereocenters. The fraction of sp³-hybridized carbons (Fsp3) is 0.545. The fourth-order valence-corrected chi connectivity index (χ4v) is 2.37. The first-order chi connectivity index (χ1) is 9.67. The summed E-state index contributed by atoms with van der Waals surface area (Å²) in [6.07, 6.45) is -2.61. The molecule has 0 bridgehead atoms. The molecule has 0 spiro atoms. The van der Waals surface area contributed by atoms with Gasteiger partial charge in [-0.3, -0.25) is 5.10 Å². The SMILES string of the molecule is CNc1ncnc2c([C@@H]3O[C@@H](CO)[C@@H](O)[C@@H]3O)[nH]nc12. The van der Waals surface area contributed by atoms with E-state index in [1.807, 2.05) is 0 Å². The Morgan fingerprint density at radius 2 is 2.10 bits per heavy atom. The van der Waals surface area contributed by atoms with Gasteiger partial charge in [-0.2, -0.15) is 5.10 Å². The Hall–Kier alpha value is -1.81. The van der Waals surface area contributed by atoms with Gasteiger partial charge in [0.1, 0.15) is 36.3 Å². The van der Waals surface area contributed by atoms with E-state index in [2.05, 4.69) is 25.5 Å². The van der Waals surface area contributed by atoms with Crippen molar-refractivity contribution < 1.29 is 20.1 Å². The van der Waals surface area contributed by atoms with Crippen molar-refractivity contribution >= 4 is 16.9 Å². The lowest BCUT2D eigenvalue weighted by molar-refractivity contribution is -0.0236. The van der Waals surface area contributed by atoms with Crippen LogP contribution >= 0.6 is 0 Å². The van der Waals surface area contributed by atoms with Crippen LogP contribution in [0.25, 0.3) is 11.0 Å². The van der Waals surface area contributed by atoms with Crippen molar-refractivity contribution in [3.8, 4) is 0 Å². The number of aliphatic hydroxyl groups is 3. The van der Waals surface area contributed by atoms with Crippen LogP contribution in [0.3, 0.4) is 0 Å². The topological polar surface area (TPSA) is 136 Å². The van der Waals surface area contributed by atoms with E-state index < -0.39 is 24.4 Å². The third-order valence-electron chi connectivity index (χ3n) is 3.43. The molecule has 9 nitrogen and oxygen atoms in total. The third kappa shape index (κ3) is 1.83. The predicted octanol–water partition coefficient (Wildman–Crippen LogP) is -1.45. The second-order valence-electron chi connectivity index (χ2n) is 4.57. The van der Waals surface area contributed by atoms with Crippen LogP contribution in [-0.2, 0) is 4.74 Å². The molecule has 5 N–H and O–H groups in total. The summed E-state index contributed by atoms with van der Waals surface area (Å²) in [5.41, 5.74) is 1.46. The second kappa shape index (κ2) is 4.94. The van der Waals surface area contributed by atoms with Crippen molar-refractivity contribution in [1.82, 2.24) is 20.2 Å². The molecule has 1 saturated heterocycles. The van der Waals surface area contributed by atoms with Gasteiger partial charge in [0.25, 0.3) is 0 Å². The Morgan fingerprint density at radius 1 is 1.30 bits per heavy atom. The molecule has 108 valence electrons. The van der Waals surface area contributed by atoms with Gasteiger partial charge in [0, 0.05) is 7.05 Å². The van der Waals surface area contributed by atoms with Crippen LogP contribution in [-0.4, -0.2) is 67.5 Å². The maximum atomic E-state index is 10.0.